The number of carbonyl (C=O) groups is 1. The lowest BCUT2D eigenvalue weighted by molar-refractivity contribution is 0.0618. The maximum atomic E-state index is 10.5. The number of carbonyl (C=O) groups excluding carboxylic acids is 1. The molecular weight excluding hydrogens is 256 g/mol. The molecule has 0 spiro atoms. The van der Waals surface area contributed by atoms with E-state index in [0.29, 0.717) is 5.56 Å². The number of benzene rings is 1. The van der Waals surface area contributed by atoms with Crippen molar-refractivity contribution >= 4 is 6.16 Å². The van der Waals surface area contributed by atoms with Gasteiger partial charge in [-0.2, -0.15) is 9.90 Å². The van der Waals surface area contributed by atoms with Crippen molar-refractivity contribution in [3.8, 4) is 5.75 Å². The molecule has 0 aliphatic rings. The normalized spacial score (nSPS) is 12.3. The lowest BCUT2D eigenvalue weighted by Crippen LogP contribution is -2.18. The molecular formula is C16H23O4. The molecule has 111 valence electrons. The number of rotatable bonds is 2. The molecule has 1 rings (SSSR count). The minimum Gasteiger partial charge on any atom is -0.507 e. The first-order valence-electron chi connectivity index (χ1n) is 6.63. The first kappa shape index (κ1) is 16.3. The average Bonchev–Trinajstić information content (AvgIpc) is 2.24. The summed E-state index contributed by atoms with van der Waals surface area (Å²) < 4.78 is 4.53. The van der Waals surface area contributed by atoms with Crippen molar-refractivity contribution in [3.05, 3.63) is 28.8 Å². The van der Waals surface area contributed by atoms with Crippen molar-refractivity contribution in [2.75, 3.05) is 0 Å². The third kappa shape index (κ3) is 3.89. The van der Waals surface area contributed by atoms with Gasteiger partial charge in [-0.1, -0.05) is 41.5 Å². The quantitative estimate of drug-likeness (QED) is 0.830. The number of phenolic OH excluding ortho intramolecular Hbond substituents is 1. The van der Waals surface area contributed by atoms with Crippen molar-refractivity contribution in [3.63, 3.8) is 0 Å². The molecule has 0 saturated heterocycles. The highest BCUT2D eigenvalue weighted by atomic mass is 16.7. The lowest BCUT2D eigenvalue weighted by Gasteiger charge is -2.28. The molecule has 0 fully saturated rings. The van der Waals surface area contributed by atoms with E-state index in [2.05, 4.69) is 4.74 Å². The minimum absolute atomic E-state index is 0.0746. The van der Waals surface area contributed by atoms with Gasteiger partial charge >= 0.3 is 6.16 Å². The number of hydrogen-bond donors (Lipinski definition) is 1. The van der Waals surface area contributed by atoms with Crippen LogP contribution in [-0.4, -0.2) is 11.3 Å². The molecule has 0 bridgehead atoms. The van der Waals surface area contributed by atoms with Crippen LogP contribution >= 0.6 is 0 Å². The summed E-state index contributed by atoms with van der Waals surface area (Å²) in [5.74, 6) is 0.266. The first-order valence-corrected chi connectivity index (χ1v) is 6.63. The van der Waals surface area contributed by atoms with Gasteiger partial charge in [0, 0.05) is 0 Å². The van der Waals surface area contributed by atoms with E-state index in [-0.39, 0.29) is 23.2 Å². The van der Waals surface area contributed by atoms with Crippen LogP contribution < -0.4 is 0 Å². The highest BCUT2D eigenvalue weighted by Gasteiger charge is 2.26. The summed E-state index contributed by atoms with van der Waals surface area (Å²) >= 11 is 0. The molecule has 0 atom stereocenters. The Morgan fingerprint density at radius 1 is 1.05 bits per heavy atom. The molecule has 0 amide bonds. The SMILES string of the molecule is CC(C)(C)c1cc(COC([O])=O)cc(C(C)(C)C)c1O. The predicted molar refractivity (Wildman–Crippen MR) is 76.4 cm³/mol. The van der Waals surface area contributed by atoms with Crippen LogP contribution in [-0.2, 0) is 27.3 Å². The standard InChI is InChI=1S/C16H23O4/c1-15(2,3)11-7-10(9-20-14(18)19)8-12(13(11)17)16(4,5)6/h7-8,17H,9H2,1-6H3. The summed E-state index contributed by atoms with van der Waals surface area (Å²) in [6.07, 6.45) is -1.55. The van der Waals surface area contributed by atoms with Crippen molar-refractivity contribution in [2.45, 2.75) is 59.0 Å². The number of phenols is 1. The predicted octanol–water partition coefficient (Wildman–Crippen LogP) is 4.05. The van der Waals surface area contributed by atoms with Gasteiger partial charge in [0.25, 0.3) is 0 Å². The van der Waals surface area contributed by atoms with Gasteiger partial charge in [-0.25, -0.2) is 0 Å². The third-order valence-corrected chi connectivity index (χ3v) is 3.14. The molecule has 0 aliphatic heterocycles. The van der Waals surface area contributed by atoms with E-state index in [4.69, 9.17) is 0 Å². The second kappa shape index (κ2) is 5.35. The highest BCUT2D eigenvalue weighted by molar-refractivity contribution is 5.56. The van der Waals surface area contributed by atoms with Gasteiger partial charge in [0.1, 0.15) is 12.4 Å². The lowest BCUT2D eigenvalue weighted by atomic mass is 9.78. The average molecular weight is 279 g/mol. The minimum atomic E-state index is -1.55. The second-order valence-corrected chi connectivity index (χ2v) is 7.08. The molecule has 0 unspecified atom stereocenters. The summed E-state index contributed by atoms with van der Waals surface area (Å²) in [6, 6.07) is 3.57. The van der Waals surface area contributed by atoms with Gasteiger partial charge in [0.15, 0.2) is 0 Å². The fraction of sp³-hybridized carbons (Fsp3) is 0.562. The zero-order chi connectivity index (χ0) is 15.7. The molecule has 0 aliphatic carbocycles. The molecule has 1 radical (unpaired) electrons. The monoisotopic (exact) mass is 279 g/mol. The smallest absolute Gasteiger partial charge is 0.507 e. The Balaban J connectivity index is 3.38. The van der Waals surface area contributed by atoms with Crippen LogP contribution in [0, 0.1) is 0 Å². The molecule has 0 saturated carbocycles. The number of ether oxygens (including phenoxy) is 1. The largest absolute Gasteiger partial charge is 0.550 e. The van der Waals surface area contributed by atoms with Crippen molar-refractivity contribution < 1.29 is 19.7 Å². The van der Waals surface area contributed by atoms with Crippen LogP contribution in [0.3, 0.4) is 0 Å². The van der Waals surface area contributed by atoms with Crippen LogP contribution in [0.2, 0.25) is 0 Å². The van der Waals surface area contributed by atoms with E-state index in [1.54, 1.807) is 12.1 Å². The Hall–Kier alpha value is -1.71. The van der Waals surface area contributed by atoms with E-state index in [9.17, 15) is 15.0 Å². The van der Waals surface area contributed by atoms with Crippen LogP contribution in [0.15, 0.2) is 12.1 Å². The summed E-state index contributed by atoms with van der Waals surface area (Å²) in [5.41, 5.74) is 1.77. The van der Waals surface area contributed by atoms with E-state index in [0.717, 1.165) is 11.1 Å². The summed E-state index contributed by atoms with van der Waals surface area (Å²) in [6.45, 7) is 11.9. The van der Waals surface area contributed by atoms with Crippen molar-refractivity contribution in [1.82, 2.24) is 0 Å². The molecule has 0 aromatic heterocycles. The fourth-order valence-corrected chi connectivity index (χ4v) is 2.06. The van der Waals surface area contributed by atoms with Crippen LogP contribution in [0.1, 0.15) is 58.2 Å². The Kier molecular flexibility index (Phi) is 4.37. The number of hydrogen-bond acceptors (Lipinski definition) is 3. The van der Waals surface area contributed by atoms with E-state index in [1.807, 2.05) is 41.5 Å². The first-order chi connectivity index (χ1) is 8.93. The molecule has 0 heterocycles. The van der Waals surface area contributed by atoms with Crippen molar-refractivity contribution in [2.24, 2.45) is 0 Å². The highest BCUT2D eigenvalue weighted by Crippen LogP contribution is 2.39. The van der Waals surface area contributed by atoms with Gasteiger partial charge in [0.05, 0.1) is 0 Å². The molecule has 1 aromatic carbocycles. The maximum absolute atomic E-state index is 10.5. The Labute approximate surface area is 120 Å². The van der Waals surface area contributed by atoms with Gasteiger partial charge < -0.3 is 9.84 Å². The van der Waals surface area contributed by atoms with Crippen LogP contribution in [0.5, 0.6) is 5.75 Å². The fourth-order valence-electron chi connectivity index (χ4n) is 2.06. The molecule has 20 heavy (non-hydrogen) atoms. The summed E-state index contributed by atoms with van der Waals surface area (Å²) in [7, 11) is 0. The Bertz CT molecular complexity index is 469. The van der Waals surface area contributed by atoms with Crippen molar-refractivity contribution in [1.29, 1.82) is 0 Å². The Morgan fingerprint density at radius 3 is 1.75 bits per heavy atom. The van der Waals surface area contributed by atoms with Gasteiger partial charge in [0.2, 0.25) is 0 Å². The molecule has 4 heteroatoms. The van der Waals surface area contributed by atoms with E-state index < -0.39 is 6.16 Å². The Morgan fingerprint density at radius 2 is 1.45 bits per heavy atom. The van der Waals surface area contributed by atoms with E-state index in [1.165, 1.54) is 0 Å². The van der Waals surface area contributed by atoms with Gasteiger partial charge in [-0.05, 0) is 39.7 Å². The van der Waals surface area contributed by atoms with E-state index >= 15 is 0 Å². The number of aromatic hydroxyl groups is 1. The maximum Gasteiger partial charge on any atom is 0.550 e. The topological polar surface area (TPSA) is 66.4 Å². The summed E-state index contributed by atoms with van der Waals surface area (Å²) in [4.78, 5) is 10.4. The van der Waals surface area contributed by atoms with Crippen LogP contribution in [0.4, 0.5) is 4.79 Å². The van der Waals surface area contributed by atoms with Gasteiger partial charge in [-0.15, -0.1) is 0 Å². The zero-order valence-electron chi connectivity index (χ0n) is 13.0. The molecule has 1 aromatic rings. The van der Waals surface area contributed by atoms with Crippen LogP contribution in [0.25, 0.3) is 0 Å². The molecule has 1 N–H and O–H groups in total. The summed E-state index contributed by atoms with van der Waals surface area (Å²) in [5, 5.41) is 20.9. The third-order valence-electron chi connectivity index (χ3n) is 3.14. The molecule has 4 nitrogen and oxygen atoms in total. The zero-order valence-corrected chi connectivity index (χ0v) is 13.0. The second-order valence-electron chi connectivity index (χ2n) is 7.08. The van der Waals surface area contributed by atoms with Gasteiger partial charge in [-0.3, -0.25) is 0 Å².